The molecule has 6 nitrogen and oxygen atoms in total. The van der Waals surface area contributed by atoms with Crippen LogP contribution >= 0.6 is 22.9 Å². The first-order valence-corrected chi connectivity index (χ1v) is 11.5. The van der Waals surface area contributed by atoms with E-state index < -0.39 is 0 Å². The predicted octanol–water partition coefficient (Wildman–Crippen LogP) is 4.99. The first-order valence-electron chi connectivity index (χ1n) is 10.3. The number of nitrogens with one attached hydrogen (secondary N) is 1. The van der Waals surface area contributed by atoms with Crippen molar-refractivity contribution in [2.45, 2.75) is 25.7 Å². The Bertz CT molecular complexity index is 1170. The van der Waals surface area contributed by atoms with Gasteiger partial charge in [0.1, 0.15) is 0 Å². The number of imide groups is 1. The number of hydrogen-bond acceptors (Lipinski definition) is 5. The maximum atomic E-state index is 13.1. The lowest BCUT2D eigenvalue weighted by molar-refractivity contribution is -0.122. The average molecular weight is 454 g/mol. The van der Waals surface area contributed by atoms with Crippen LogP contribution in [-0.2, 0) is 4.79 Å². The van der Waals surface area contributed by atoms with E-state index in [4.69, 9.17) is 11.6 Å². The molecule has 8 heteroatoms. The van der Waals surface area contributed by atoms with Crippen molar-refractivity contribution in [1.82, 2.24) is 9.88 Å². The van der Waals surface area contributed by atoms with Crippen molar-refractivity contribution in [2.75, 3.05) is 11.9 Å². The van der Waals surface area contributed by atoms with Crippen molar-refractivity contribution >= 4 is 56.0 Å². The summed E-state index contributed by atoms with van der Waals surface area (Å²) in [6, 6.07) is 12.3. The van der Waals surface area contributed by atoms with Crippen LogP contribution < -0.4 is 5.32 Å². The third-order valence-corrected chi connectivity index (χ3v) is 7.29. The summed E-state index contributed by atoms with van der Waals surface area (Å²) in [5.41, 5.74) is 1.67. The van der Waals surface area contributed by atoms with Gasteiger partial charge < -0.3 is 5.32 Å². The van der Waals surface area contributed by atoms with E-state index in [2.05, 4.69) is 10.3 Å². The zero-order valence-corrected chi connectivity index (χ0v) is 18.2. The Morgan fingerprint density at radius 1 is 1.10 bits per heavy atom. The van der Waals surface area contributed by atoms with E-state index in [-0.39, 0.29) is 36.1 Å². The molecule has 3 aromatic rings. The fraction of sp³-hybridized carbons (Fsp3) is 0.304. The number of thiazole rings is 1. The van der Waals surface area contributed by atoms with Crippen molar-refractivity contribution in [3.63, 3.8) is 0 Å². The molecule has 0 saturated heterocycles. The molecule has 1 saturated carbocycles. The lowest BCUT2D eigenvalue weighted by Crippen LogP contribution is -2.41. The fourth-order valence-electron chi connectivity index (χ4n) is 4.56. The SMILES string of the molecule is O=C(Nc1nc2ccc(Cl)cc2s1)C1CCCCC1CN1C(=O)c2ccccc2C1=O. The summed E-state index contributed by atoms with van der Waals surface area (Å²) >= 11 is 7.43. The van der Waals surface area contributed by atoms with E-state index in [0.29, 0.717) is 21.3 Å². The highest BCUT2D eigenvalue weighted by Crippen LogP contribution is 2.35. The van der Waals surface area contributed by atoms with E-state index in [0.717, 1.165) is 35.9 Å². The number of carbonyl (C=O) groups excluding carboxylic acids is 3. The topological polar surface area (TPSA) is 79.4 Å². The van der Waals surface area contributed by atoms with Gasteiger partial charge in [-0.2, -0.15) is 0 Å². The molecule has 1 fully saturated rings. The first kappa shape index (κ1) is 20.2. The fourth-order valence-corrected chi connectivity index (χ4v) is 5.71. The van der Waals surface area contributed by atoms with Gasteiger partial charge in [-0.3, -0.25) is 19.3 Å². The Labute approximate surface area is 188 Å². The summed E-state index contributed by atoms with van der Waals surface area (Å²) in [7, 11) is 0. The van der Waals surface area contributed by atoms with E-state index in [1.165, 1.54) is 16.2 Å². The molecule has 2 aromatic carbocycles. The van der Waals surface area contributed by atoms with Crippen molar-refractivity contribution in [3.8, 4) is 0 Å². The second-order valence-corrected chi connectivity index (χ2v) is 9.50. The molecule has 0 spiro atoms. The van der Waals surface area contributed by atoms with Crippen molar-refractivity contribution < 1.29 is 14.4 Å². The summed E-state index contributed by atoms with van der Waals surface area (Å²) in [6.45, 7) is 0.264. The monoisotopic (exact) mass is 453 g/mol. The van der Waals surface area contributed by atoms with E-state index in [1.54, 1.807) is 30.3 Å². The van der Waals surface area contributed by atoms with Crippen LogP contribution in [0.4, 0.5) is 5.13 Å². The zero-order valence-electron chi connectivity index (χ0n) is 16.6. The average Bonchev–Trinajstić information content (AvgIpc) is 3.27. The van der Waals surface area contributed by atoms with Crippen LogP contribution in [0.25, 0.3) is 10.2 Å². The summed E-state index contributed by atoms with van der Waals surface area (Å²) in [5.74, 6) is -0.985. The Morgan fingerprint density at radius 2 is 1.81 bits per heavy atom. The lowest BCUT2D eigenvalue weighted by atomic mass is 9.78. The second kappa shape index (κ2) is 8.05. The molecule has 0 bridgehead atoms. The van der Waals surface area contributed by atoms with Gasteiger partial charge >= 0.3 is 0 Å². The second-order valence-electron chi connectivity index (χ2n) is 8.04. The van der Waals surface area contributed by atoms with Crippen LogP contribution in [0.1, 0.15) is 46.4 Å². The van der Waals surface area contributed by atoms with Gasteiger partial charge in [0.25, 0.3) is 11.8 Å². The van der Waals surface area contributed by atoms with Crippen LogP contribution in [0.15, 0.2) is 42.5 Å². The van der Waals surface area contributed by atoms with Gasteiger partial charge in [-0.25, -0.2) is 4.98 Å². The van der Waals surface area contributed by atoms with Crippen LogP contribution in [0, 0.1) is 11.8 Å². The number of fused-ring (bicyclic) bond motifs is 2. The minimum atomic E-state index is -0.270. The summed E-state index contributed by atoms with van der Waals surface area (Å²) in [6.07, 6.45) is 3.47. The number of carbonyl (C=O) groups is 3. The van der Waals surface area contributed by atoms with Crippen LogP contribution in [0.3, 0.4) is 0 Å². The van der Waals surface area contributed by atoms with E-state index in [1.807, 2.05) is 12.1 Å². The molecular formula is C23H20ClN3O3S. The molecule has 2 atom stereocenters. The first-order chi connectivity index (χ1) is 15.0. The molecule has 1 aromatic heterocycles. The third-order valence-electron chi connectivity index (χ3n) is 6.12. The van der Waals surface area contributed by atoms with Gasteiger partial charge in [-0.15, -0.1) is 0 Å². The highest BCUT2D eigenvalue weighted by atomic mass is 35.5. The number of benzene rings is 2. The summed E-state index contributed by atoms with van der Waals surface area (Å²) in [5, 5.41) is 4.11. The molecule has 1 N–H and O–H groups in total. The summed E-state index contributed by atoms with van der Waals surface area (Å²) in [4.78, 5) is 44.4. The minimum Gasteiger partial charge on any atom is -0.302 e. The predicted molar refractivity (Wildman–Crippen MR) is 121 cm³/mol. The van der Waals surface area contributed by atoms with Gasteiger partial charge in [0.15, 0.2) is 5.13 Å². The zero-order chi connectivity index (χ0) is 21.5. The number of rotatable bonds is 4. The third kappa shape index (κ3) is 3.72. The quantitative estimate of drug-likeness (QED) is 0.564. The maximum Gasteiger partial charge on any atom is 0.261 e. The number of aromatic nitrogens is 1. The Hall–Kier alpha value is -2.77. The Kier molecular flexibility index (Phi) is 5.24. The minimum absolute atomic E-state index is 0.0696. The van der Waals surface area contributed by atoms with E-state index >= 15 is 0 Å². The number of nitrogens with zero attached hydrogens (tertiary/aromatic N) is 2. The van der Waals surface area contributed by atoms with Crippen LogP contribution in [0.5, 0.6) is 0 Å². The van der Waals surface area contributed by atoms with Gasteiger partial charge in [0.2, 0.25) is 5.91 Å². The van der Waals surface area contributed by atoms with Gasteiger partial charge in [0, 0.05) is 17.5 Å². The maximum absolute atomic E-state index is 13.1. The van der Waals surface area contributed by atoms with Crippen molar-refractivity contribution in [1.29, 1.82) is 0 Å². The highest BCUT2D eigenvalue weighted by Gasteiger charge is 2.40. The molecule has 2 heterocycles. The van der Waals surface area contributed by atoms with Crippen molar-refractivity contribution in [3.05, 3.63) is 58.6 Å². The molecule has 2 aliphatic rings. The van der Waals surface area contributed by atoms with Gasteiger partial charge in [0.05, 0.1) is 21.3 Å². The van der Waals surface area contributed by atoms with Gasteiger partial charge in [-0.1, -0.05) is 47.9 Å². The normalized spacial score (nSPS) is 20.9. The lowest BCUT2D eigenvalue weighted by Gasteiger charge is -2.32. The number of halogens is 1. The molecule has 158 valence electrons. The molecular weight excluding hydrogens is 434 g/mol. The number of amides is 3. The van der Waals surface area contributed by atoms with Crippen LogP contribution in [0.2, 0.25) is 5.02 Å². The molecule has 0 radical (unpaired) electrons. The number of hydrogen-bond donors (Lipinski definition) is 1. The smallest absolute Gasteiger partial charge is 0.261 e. The molecule has 2 unspecified atom stereocenters. The Morgan fingerprint density at radius 3 is 2.55 bits per heavy atom. The summed E-state index contributed by atoms with van der Waals surface area (Å²) < 4.78 is 0.911. The van der Waals surface area contributed by atoms with Crippen LogP contribution in [-0.4, -0.2) is 34.2 Å². The molecule has 1 aliphatic carbocycles. The van der Waals surface area contributed by atoms with Gasteiger partial charge in [-0.05, 0) is 49.1 Å². The van der Waals surface area contributed by atoms with E-state index in [9.17, 15) is 14.4 Å². The Balaban J connectivity index is 1.33. The highest BCUT2D eigenvalue weighted by molar-refractivity contribution is 7.22. The standard InChI is InChI=1S/C23H20ClN3O3S/c24-14-9-10-18-19(11-14)31-23(25-18)26-20(28)15-6-2-1-5-13(15)12-27-21(29)16-7-3-4-8-17(16)22(27)30/h3-4,7-11,13,15H,1-2,5-6,12H2,(H,25,26,28). The van der Waals surface area contributed by atoms with Crippen molar-refractivity contribution in [2.24, 2.45) is 11.8 Å². The molecule has 5 rings (SSSR count). The molecule has 1 aliphatic heterocycles. The molecule has 31 heavy (non-hydrogen) atoms. The largest absolute Gasteiger partial charge is 0.302 e. The molecule has 3 amide bonds. The number of anilines is 1.